The first kappa shape index (κ1) is 8.52. The number of urea groups is 1. The van der Waals surface area contributed by atoms with Crippen LogP contribution in [0, 0.1) is 0 Å². The highest BCUT2D eigenvalue weighted by Crippen LogP contribution is 2.10. The molecule has 0 aromatic heterocycles. The zero-order valence-corrected chi connectivity index (χ0v) is 7.80. The van der Waals surface area contributed by atoms with Crippen LogP contribution in [-0.4, -0.2) is 40.3 Å². The van der Waals surface area contributed by atoms with Crippen LogP contribution in [0.4, 0.5) is 4.79 Å². The summed E-state index contributed by atoms with van der Waals surface area (Å²) in [6, 6.07) is -0.200. The first-order valence-corrected chi connectivity index (χ1v) is 4.48. The molecule has 62 valence electrons. The number of halogens is 1. The molecule has 1 aliphatic rings. The summed E-state index contributed by atoms with van der Waals surface area (Å²) in [4.78, 5) is 24.9. The van der Waals surface area contributed by atoms with Crippen molar-refractivity contribution in [1.29, 1.82) is 0 Å². The lowest BCUT2D eigenvalue weighted by Gasteiger charge is -2.11. The van der Waals surface area contributed by atoms with Crippen molar-refractivity contribution in [2.45, 2.75) is 6.92 Å². The number of carbonyl (C=O) groups excluding carboxylic acids is 2. The molecular weight excluding hydrogens is 212 g/mol. The van der Waals surface area contributed by atoms with Gasteiger partial charge in [0.15, 0.2) is 0 Å². The lowest BCUT2D eigenvalue weighted by Crippen LogP contribution is -2.31. The molecule has 1 saturated heterocycles. The largest absolute Gasteiger partial charge is 0.327 e. The third-order valence-corrected chi connectivity index (χ3v) is 2.13. The number of hydrogen-bond donors (Lipinski definition) is 0. The third-order valence-electron chi connectivity index (χ3n) is 1.63. The Morgan fingerprint density at radius 3 is 2.45 bits per heavy atom. The Hall–Kier alpha value is -0.580. The van der Waals surface area contributed by atoms with Crippen LogP contribution >= 0.6 is 15.9 Å². The van der Waals surface area contributed by atoms with E-state index < -0.39 is 0 Å². The fourth-order valence-electron chi connectivity index (χ4n) is 0.958. The van der Waals surface area contributed by atoms with Gasteiger partial charge in [-0.15, -0.1) is 0 Å². The standard InChI is InChI=1S/C6H9BrN2O2/c1-2-8-3-5(10)9(4-7)6(8)11/h2-4H2,1H3. The van der Waals surface area contributed by atoms with E-state index in [4.69, 9.17) is 0 Å². The molecule has 3 amide bonds. The fourth-order valence-corrected chi connectivity index (χ4v) is 1.45. The topological polar surface area (TPSA) is 40.6 Å². The van der Waals surface area contributed by atoms with Gasteiger partial charge in [0.2, 0.25) is 0 Å². The van der Waals surface area contributed by atoms with E-state index in [1.165, 1.54) is 9.80 Å². The highest BCUT2D eigenvalue weighted by Gasteiger charge is 2.33. The van der Waals surface area contributed by atoms with Crippen LogP contribution in [0.3, 0.4) is 0 Å². The van der Waals surface area contributed by atoms with Gasteiger partial charge < -0.3 is 4.90 Å². The maximum absolute atomic E-state index is 11.2. The molecule has 0 spiro atoms. The Morgan fingerprint density at radius 2 is 2.18 bits per heavy atom. The molecule has 0 N–H and O–H groups in total. The monoisotopic (exact) mass is 220 g/mol. The van der Waals surface area contributed by atoms with E-state index in [1.54, 1.807) is 0 Å². The third kappa shape index (κ3) is 1.38. The molecule has 0 atom stereocenters. The maximum Gasteiger partial charge on any atom is 0.327 e. The Labute approximate surface area is 73.3 Å². The van der Waals surface area contributed by atoms with Crippen LogP contribution in [0.2, 0.25) is 0 Å². The first-order valence-electron chi connectivity index (χ1n) is 3.36. The molecule has 0 aliphatic carbocycles. The summed E-state index contributed by atoms with van der Waals surface area (Å²) in [7, 11) is 0. The van der Waals surface area contributed by atoms with Crippen LogP contribution in [0.1, 0.15) is 6.92 Å². The van der Waals surface area contributed by atoms with Crippen LogP contribution in [0.5, 0.6) is 0 Å². The summed E-state index contributed by atoms with van der Waals surface area (Å²) in [6.07, 6.45) is 0. The molecule has 1 fully saturated rings. The lowest BCUT2D eigenvalue weighted by molar-refractivity contribution is -0.124. The average molecular weight is 221 g/mol. The number of hydrogen-bond acceptors (Lipinski definition) is 2. The molecule has 0 saturated carbocycles. The van der Waals surface area contributed by atoms with E-state index in [9.17, 15) is 9.59 Å². The SMILES string of the molecule is CCN1CC(=O)N(CBr)C1=O. The smallest absolute Gasteiger partial charge is 0.315 e. The average Bonchev–Trinajstić information content (AvgIpc) is 2.26. The minimum Gasteiger partial charge on any atom is -0.315 e. The number of alkyl halides is 1. The predicted molar refractivity (Wildman–Crippen MR) is 43.3 cm³/mol. The molecule has 0 unspecified atom stereocenters. The van der Waals surface area contributed by atoms with Crippen molar-refractivity contribution in [1.82, 2.24) is 9.80 Å². The van der Waals surface area contributed by atoms with Gasteiger partial charge in [-0.1, -0.05) is 15.9 Å². The number of amides is 3. The van der Waals surface area contributed by atoms with E-state index in [-0.39, 0.29) is 18.5 Å². The van der Waals surface area contributed by atoms with Crippen molar-refractivity contribution in [3.63, 3.8) is 0 Å². The molecule has 4 nitrogen and oxygen atoms in total. The van der Waals surface area contributed by atoms with Gasteiger partial charge in [0.1, 0.15) is 6.54 Å². The summed E-state index contributed by atoms with van der Waals surface area (Å²) in [5, 5.41) is 0. The van der Waals surface area contributed by atoms with E-state index in [0.717, 1.165) is 0 Å². The summed E-state index contributed by atoms with van der Waals surface area (Å²) in [5.74, 6) is -0.131. The molecule has 1 rings (SSSR count). The molecule has 0 radical (unpaired) electrons. The Balaban J connectivity index is 2.71. The Morgan fingerprint density at radius 1 is 1.55 bits per heavy atom. The number of imide groups is 1. The zero-order chi connectivity index (χ0) is 8.43. The second-order valence-corrected chi connectivity index (χ2v) is 2.74. The quantitative estimate of drug-likeness (QED) is 0.389. The van der Waals surface area contributed by atoms with Gasteiger partial charge in [-0.3, -0.25) is 9.69 Å². The van der Waals surface area contributed by atoms with Gasteiger partial charge in [0.05, 0.1) is 5.45 Å². The van der Waals surface area contributed by atoms with Gasteiger partial charge in [0, 0.05) is 6.54 Å². The Bertz CT molecular complexity index is 195. The predicted octanol–water partition coefficient (Wildman–Crippen LogP) is 0.623. The van der Waals surface area contributed by atoms with Crippen molar-refractivity contribution in [3.05, 3.63) is 0 Å². The van der Waals surface area contributed by atoms with E-state index in [2.05, 4.69) is 15.9 Å². The maximum atomic E-state index is 11.2. The molecular formula is C6H9BrN2O2. The highest BCUT2D eigenvalue weighted by atomic mass is 79.9. The fraction of sp³-hybridized carbons (Fsp3) is 0.667. The van der Waals surface area contributed by atoms with Gasteiger partial charge in [0.25, 0.3) is 5.91 Å². The second kappa shape index (κ2) is 3.21. The second-order valence-electron chi connectivity index (χ2n) is 2.24. The van der Waals surface area contributed by atoms with Crippen LogP contribution in [-0.2, 0) is 4.79 Å². The van der Waals surface area contributed by atoms with Crippen molar-refractivity contribution < 1.29 is 9.59 Å². The van der Waals surface area contributed by atoms with E-state index in [0.29, 0.717) is 12.0 Å². The van der Waals surface area contributed by atoms with Crippen LogP contribution < -0.4 is 0 Å². The molecule has 1 heterocycles. The van der Waals surface area contributed by atoms with E-state index >= 15 is 0 Å². The highest BCUT2D eigenvalue weighted by molar-refractivity contribution is 9.09. The molecule has 5 heteroatoms. The molecule has 0 aromatic rings. The van der Waals surface area contributed by atoms with Gasteiger partial charge >= 0.3 is 6.03 Å². The minimum atomic E-state index is -0.200. The van der Waals surface area contributed by atoms with Crippen molar-refractivity contribution in [3.8, 4) is 0 Å². The summed E-state index contributed by atoms with van der Waals surface area (Å²) >= 11 is 3.07. The van der Waals surface area contributed by atoms with Gasteiger partial charge in [-0.25, -0.2) is 4.79 Å². The molecule has 0 aromatic carbocycles. The normalized spacial score (nSPS) is 18.4. The van der Waals surface area contributed by atoms with Crippen molar-refractivity contribution in [2.75, 3.05) is 18.5 Å². The lowest BCUT2D eigenvalue weighted by atomic mass is 10.5. The zero-order valence-electron chi connectivity index (χ0n) is 6.21. The minimum absolute atomic E-state index is 0.131. The van der Waals surface area contributed by atoms with Gasteiger partial charge in [-0.05, 0) is 6.92 Å². The summed E-state index contributed by atoms with van der Waals surface area (Å²) < 4.78 is 0. The summed E-state index contributed by atoms with van der Waals surface area (Å²) in [6.45, 7) is 2.66. The van der Waals surface area contributed by atoms with E-state index in [1.807, 2.05) is 6.92 Å². The Kier molecular flexibility index (Phi) is 2.49. The van der Waals surface area contributed by atoms with Crippen LogP contribution in [0.25, 0.3) is 0 Å². The number of likely N-dealkylation sites (N-methyl/N-ethyl adjacent to an activating group) is 1. The van der Waals surface area contributed by atoms with Crippen molar-refractivity contribution in [2.24, 2.45) is 0 Å². The number of nitrogens with zero attached hydrogens (tertiary/aromatic N) is 2. The number of carbonyl (C=O) groups is 2. The molecule has 1 aliphatic heterocycles. The summed E-state index contributed by atoms with van der Waals surface area (Å²) in [5.41, 5.74) is 0.293. The number of rotatable bonds is 2. The first-order chi connectivity index (χ1) is 5.20. The van der Waals surface area contributed by atoms with Gasteiger partial charge in [-0.2, -0.15) is 0 Å². The molecule has 0 bridgehead atoms. The van der Waals surface area contributed by atoms with Crippen molar-refractivity contribution >= 4 is 27.9 Å². The molecule has 11 heavy (non-hydrogen) atoms. The van der Waals surface area contributed by atoms with Crippen LogP contribution in [0.15, 0.2) is 0 Å².